The summed E-state index contributed by atoms with van der Waals surface area (Å²) in [7, 11) is 3.92. The zero-order chi connectivity index (χ0) is 41.3. The predicted molar refractivity (Wildman–Crippen MR) is 227 cm³/mol. The van der Waals surface area contributed by atoms with Gasteiger partial charge in [-0.15, -0.1) is 0 Å². The van der Waals surface area contributed by atoms with Gasteiger partial charge < -0.3 is 39.0 Å². The number of hydrogen-bond acceptors (Lipinski definition) is 8. The van der Waals surface area contributed by atoms with Crippen molar-refractivity contribution in [3.8, 4) is 34.1 Å². The van der Waals surface area contributed by atoms with Crippen molar-refractivity contribution < 1.29 is 38.7 Å². The average molecular weight is 834 g/mol. The summed E-state index contributed by atoms with van der Waals surface area (Å²) < 4.78 is 25.4. The summed E-state index contributed by atoms with van der Waals surface area (Å²) >= 11 is 13.7. The number of rotatable bonds is 21. The molecule has 2 N–H and O–H groups in total. The van der Waals surface area contributed by atoms with E-state index in [1.165, 1.54) is 22.3 Å². The maximum Gasteiger partial charge on any atom is 0.303 e. The Kier molecular flexibility index (Phi) is 14.9. The lowest BCUT2D eigenvalue weighted by Gasteiger charge is -2.22. The van der Waals surface area contributed by atoms with E-state index < -0.39 is 11.9 Å². The van der Waals surface area contributed by atoms with Gasteiger partial charge >= 0.3 is 11.9 Å². The van der Waals surface area contributed by atoms with Crippen LogP contribution in [0.1, 0.15) is 98.0 Å². The minimum atomic E-state index is -0.796. The van der Waals surface area contributed by atoms with Crippen molar-refractivity contribution in [3.05, 3.63) is 104 Å². The molecule has 2 aliphatic rings. The Balaban J connectivity index is 1.19. The monoisotopic (exact) mass is 832 g/mol. The summed E-state index contributed by atoms with van der Waals surface area (Å²) in [6.45, 7) is 7.30. The van der Waals surface area contributed by atoms with Crippen molar-refractivity contribution in [2.24, 2.45) is 0 Å². The summed E-state index contributed by atoms with van der Waals surface area (Å²) in [5.74, 6) is 0.979. The van der Waals surface area contributed by atoms with Crippen LogP contribution in [0.4, 0.5) is 0 Å². The van der Waals surface area contributed by atoms with Gasteiger partial charge in [0.1, 0.15) is 35.2 Å². The second kappa shape index (κ2) is 20.0. The van der Waals surface area contributed by atoms with Crippen LogP contribution in [0.2, 0.25) is 10.0 Å². The zero-order valence-corrected chi connectivity index (χ0v) is 35.3. The van der Waals surface area contributed by atoms with E-state index in [1.807, 2.05) is 52.2 Å². The maximum absolute atomic E-state index is 11.0. The molecule has 0 saturated heterocycles. The number of carboxylic acid groups (broad SMARTS) is 2. The number of halogens is 2. The number of hydrogen-bond donors (Lipinski definition) is 2. The fraction of sp³-hybridized carbons (Fsp3) is 0.435. The first-order valence-electron chi connectivity index (χ1n) is 20.2. The van der Waals surface area contributed by atoms with E-state index >= 15 is 0 Å². The highest BCUT2D eigenvalue weighted by Crippen LogP contribution is 2.47. The lowest BCUT2D eigenvalue weighted by atomic mass is 9.91. The quantitative estimate of drug-likeness (QED) is 0.0840. The molecule has 58 heavy (non-hydrogen) atoms. The highest BCUT2D eigenvalue weighted by atomic mass is 35.5. The number of carboxylic acids is 2. The van der Waals surface area contributed by atoms with Crippen LogP contribution >= 0.6 is 23.2 Å². The largest absolute Gasteiger partial charge is 0.493 e. The van der Waals surface area contributed by atoms with Gasteiger partial charge in [0, 0.05) is 49.2 Å². The number of benzene rings is 4. The lowest BCUT2D eigenvalue weighted by Crippen LogP contribution is -2.20. The van der Waals surface area contributed by atoms with Crippen LogP contribution in [-0.2, 0) is 35.5 Å². The Hall–Kier alpha value is -4.48. The molecule has 4 aromatic rings. The molecule has 0 amide bonds. The van der Waals surface area contributed by atoms with Crippen molar-refractivity contribution in [2.45, 2.75) is 90.5 Å². The van der Waals surface area contributed by atoms with E-state index in [9.17, 15) is 9.59 Å². The Morgan fingerprint density at radius 2 is 1.07 bits per heavy atom. The highest BCUT2D eigenvalue weighted by molar-refractivity contribution is 6.32. The third-order valence-electron chi connectivity index (χ3n) is 10.8. The normalized spacial score (nSPS) is 15.7. The summed E-state index contributed by atoms with van der Waals surface area (Å²) in [5, 5.41) is 19.1. The highest BCUT2D eigenvalue weighted by Gasteiger charge is 2.32. The number of carbonyl (C=O) groups is 2. The van der Waals surface area contributed by atoms with Crippen LogP contribution in [0.3, 0.4) is 0 Å². The third kappa shape index (κ3) is 10.6. The van der Waals surface area contributed by atoms with Gasteiger partial charge in [0.2, 0.25) is 0 Å². The number of aliphatic carboxylic acids is 2. The van der Waals surface area contributed by atoms with Crippen LogP contribution in [0.15, 0.2) is 60.7 Å². The second-order valence-corrected chi connectivity index (χ2v) is 16.0. The SMILES string of the molecule is CCOc1cc(O[C@H]2CCc3c(-c4cccc5c4CC[C@@H]5Oc4cc(OCC)c(CN(C)CCCC(=O)O)cc4Cl)cccc32)c(Cl)cc1CN(C)CCCC(=O)O. The van der Waals surface area contributed by atoms with Gasteiger partial charge in [-0.25, -0.2) is 0 Å². The van der Waals surface area contributed by atoms with Crippen molar-refractivity contribution in [2.75, 3.05) is 40.4 Å². The minimum Gasteiger partial charge on any atom is -0.493 e. The van der Waals surface area contributed by atoms with Gasteiger partial charge in [0.05, 0.1) is 23.3 Å². The first-order valence-corrected chi connectivity index (χ1v) is 21.0. The molecule has 0 bridgehead atoms. The van der Waals surface area contributed by atoms with Crippen molar-refractivity contribution in [1.29, 1.82) is 0 Å². The fourth-order valence-corrected chi connectivity index (χ4v) is 8.65. The Bertz CT molecular complexity index is 1940. The van der Waals surface area contributed by atoms with E-state index in [4.69, 9.17) is 52.4 Å². The minimum absolute atomic E-state index is 0.129. The van der Waals surface area contributed by atoms with Crippen molar-refractivity contribution in [1.82, 2.24) is 9.80 Å². The Labute approximate surface area is 351 Å². The van der Waals surface area contributed by atoms with E-state index in [0.717, 1.165) is 47.9 Å². The second-order valence-electron chi connectivity index (χ2n) is 15.2. The number of nitrogens with zero attached hydrogens (tertiary/aromatic N) is 2. The van der Waals surface area contributed by atoms with Gasteiger partial charge in [-0.05, 0) is 125 Å². The van der Waals surface area contributed by atoms with Gasteiger partial charge in [-0.1, -0.05) is 59.6 Å². The van der Waals surface area contributed by atoms with Gasteiger partial charge in [0.25, 0.3) is 0 Å². The summed E-state index contributed by atoms with van der Waals surface area (Å²) in [6.07, 6.45) is 4.40. The smallest absolute Gasteiger partial charge is 0.303 e. The third-order valence-corrected chi connectivity index (χ3v) is 11.4. The van der Waals surface area contributed by atoms with Crippen LogP contribution in [0.25, 0.3) is 11.1 Å². The van der Waals surface area contributed by atoms with Crippen molar-refractivity contribution >= 4 is 35.1 Å². The van der Waals surface area contributed by atoms with E-state index in [2.05, 4.69) is 46.2 Å². The molecule has 0 heterocycles. The Morgan fingerprint density at radius 3 is 1.45 bits per heavy atom. The number of ether oxygens (including phenoxy) is 4. The van der Waals surface area contributed by atoms with Crippen LogP contribution in [0, 0.1) is 0 Å². The predicted octanol–water partition coefficient (Wildman–Crippen LogP) is 10.2. The molecule has 0 radical (unpaired) electrons. The first kappa shape index (κ1) is 43.1. The molecule has 4 aromatic carbocycles. The van der Waals surface area contributed by atoms with Gasteiger partial charge in [0.15, 0.2) is 0 Å². The topological polar surface area (TPSA) is 118 Å². The maximum atomic E-state index is 11.0. The molecule has 2 aliphatic carbocycles. The van der Waals surface area contributed by atoms with Crippen LogP contribution < -0.4 is 18.9 Å². The molecule has 12 heteroatoms. The first-order chi connectivity index (χ1) is 27.9. The molecule has 0 fully saturated rings. The van der Waals surface area contributed by atoms with E-state index in [0.29, 0.717) is 85.3 Å². The van der Waals surface area contributed by atoms with Gasteiger partial charge in [-0.2, -0.15) is 0 Å². The van der Waals surface area contributed by atoms with Gasteiger partial charge in [-0.3, -0.25) is 9.59 Å². The summed E-state index contributed by atoms with van der Waals surface area (Å²) in [5.41, 5.74) is 9.12. The van der Waals surface area contributed by atoms with E-state index in [1.54, 1.807) is 0 Å². The molecule has 2 atom stereocenters. The molecular formula is C46H54Cl2N2O8. The molecule has 0 aromatic heterocycles. The summed E-state index contributed by atoms with van der Waals surface area (Å²) in [4.78, 5) is 26.1. The molecule has 0 aliphatic heterocycles. The van der Waals surface area contributed by atoms with E-state index in [-0.39, 0.29) is 25.0 Å². The summed E-state index contributed by atoms with van der Waals surface area (Å²) in [6, 6.07) is 20.5. The molecule has 310 valence electrons. The van der Waals surface area contributed by atoms with Crippen molar-refractivity contribution in [3.63, 3.8) is 0 Å². The molecule has 10 nitrogen and oxygen atoms in total. The fourth-order valence-electron chi connectivity index (χ4n) is 8.19. The molecule has 0 spiro atoms. The Morgan fingerprint density at radius 1 is 0.655 bits per heavy atom. The molecule has 0 saturated carbocycles. The van der Waals surface area contributed by atoms with Crippen LogP contribution in [-0.4, -0.2) is 72.4 Å². The molecular weight excluding hydrogens is 779 g/mol. The zero-order valence-electron chi connectivity index (χ0n) is 33.8. The average Bonchev–Trinajstić information content (AvgIpc) is 3.79. The number of fused-ring (bicyclic) bond motifs is 2. The molecule has 6 rings (SSSR count). The molecule has 0 unspecified atom stereocenters. The lowest BCUT2D eigenvalue weighted by molar-refractivity contribution is -0.138. The standard InChI is InChI=1S/C46H54Cl2N2O8/c1-5-55-41-25-43(37(47)23-29(41)27-49(3)21-9-15-45(51)52)57-39-19-17-33-31(11-7-13-35(33)39)32-12-8-14-36-34(32)18-20-40(36)58-44-26-42(56-6-2)30(24-38(44)48)28-50(4)22-10-16-46(53)54/h7-8,11-14,23-26,39-40H,5-6,9-10,15-22,27-28H2,1-4H3,(H,51,52)(H,53,54)/t39-,40-/m0/s1. The van der Waals surface area contributed by atoms with Crippen LogP contribution in [0.5, 0.6) is 23.0 Å².